The second-order valence-electron chi connectivity index (χ2n) is 4.88. The third-order valence-corrected chi connectivity index (χ3v) is 3.58. The Hall–Kier alpha value is -1.10. The Kier molecular flexibility index (Phi) is 6.12. The van der Waals surface area contributed by atoms with Crippen LogP contribution in [-0.4, -0.2) is 46.7 Å². The number of carboxylic acids is 1. The van der Waals surface area contributed by atoms with E-state index in [1.165, 1.54) is 0 Å². The van der Waals surface area contributed by atoms with Crippen LogP contribution in [0.3, 0.4) is 0 Å². The zero-order valence-corrected chi connectivity index (χ0v) is 11.0. The van der Waals surface area contributed by atoms with Gasteiger partial charge in [0.2, 0.25) is 5.91 Å². The molecule has 0 spiro atoms. The number of carbonyl (C=O) groups is 2. The molecule has 1 rings (SSSR count). The summed E-state index contributed by atoms with van der Waals surface area (Å²) in [5, 5.41) is 18.2. The number of rotatable bonds is 6. The number of aliphatic hydroxyl groups excluding tert-OH is 1. The second-order valence-corrected chi connectivity index (χ2v) is 4.88. The lowest BCUT2D eigenvalue weighted by Crippen LogP contribution is -2.44. The largest absolute Gasteiger partial charge is 0.481 e. The van der Waals surface area contributed by atoms with E-state index in [1.54, 1.807) is 4.90 Å². The van der Waals surface area contributed by atoms with E-state index in [2.05, 4.69) is 0 Å². The van der Waals surface area contributed by atoms with Crippen molar-refractivity contribution in [2.45, 2.75) is 39.0 Å². The van der Waals surface area contributed by atoms with Crippen LogP contribution in [0.15, 0.2) is 0 Å². The molecule has 1 saturated carbocycles. The van der Waals surface area contributed by atoms with Crippen LogP contribution in [0.4, 0.5) is 0 Å². The smallest absolute Gasteiger partial charge is 0.307 e. The molecule has 0 bridgehead atoms. The van der Waals surface area contributed by atoms with Crippen molar-refractivity contribution >= 4 is 11.9 Å². The molecule has 0 radical (unpaired) electrons. The number of hydrogen-bond acceptors (Lipinski definition) is 3. The fraction of sp³-hybridized carbons (Fsp3) is 0.846. The van der Waals surface area contributed by atoms with Gasteiger partial charge in [0.25, 0.3) is 0 Å². The quantitative estimate of drug-likeness (QED) is 0.747. The summed E-state index contributed by atoms with van der Waals surface area (Å²) in [5.74, 6) is -1.93. The van der Waals surface area contributed by atoms with Crippen LogP contribution in [0.1, 0.15) is 39.0 Å². The highest BCUT2D eigenvalue weighted by atomic mass is 16.4. The molecule has 0 aromatic carbocycles. The summed E-state index contributed by atoms with van der Waals surface area (Å²) < 4.78 is 0. The molecule has 2 N–H and O–H groups in total. The summed E-state index contributed by atoms with van der Waals surface area (Å²) in [4.78, 5) is 25.1. The van der Waals surface area contributed by atoms with Crippen molar-refractivity contribution in [1.29, 1.82) is 0 Å². The lowest BCUT2D eigenvalue weighted by molar-refractivity contribution is -0.152. The van der Waals surface area contributed by atoms with E-state index >= 15 is 0 Å². The van der Waals surface area contributed by atoms with Gasteiger partial charge in [0, 0.05) is 13.1 Å². The van der Waals surface area contributed by atoms with Crippen molar-refractivity contribution in [3.8, 4) is 0 Å². The Labute approximate surface area is 108 Å². The van der Waals surface area contributed by atoms with Crippen LogP contribution in [-0.2, 0) is 9.59 Å². The van der Waals surface area contributed by atoms with E-state index in [1.807, 2.05) is 6.92 Å². The molecule has 5 nitrogen and oxygen atoms in total. The van der Waals surface area contributed by atoms with Crippen molar-refractivity contribution < 1.29 is 19.8 Å². The molecule has 18 heavy (non-hydrogen) atoms. The summed E-state index contributed by atoms with van der Waals surface area (Å²) in [6.07, 6.45) is 3.86. The highest BCUT2D eigenvalue weighted by Crippen LogP contribution is 2.31. The topological polar surface area (TPSA) is 77.8 Å². The number of hydrogen-bond donors (Lipinski definition) is 2. The Bertz CT molecular complexity index is 287. The highest BCUT2D eigenvalue weighted by molar-refractivity contribution is 5.85. The Morgan fingerprint density at radius 3 is 2.28 bits per heavy atom. The predicted molar refractivity (Wildman–Crippen MR) is 67.0 cm³/mol. The van der Waals surface area contributed by atoms with E-state index in [9.17, 15) is 14.7 Å². The average molecular weight is 257 g/mol. The number of carboxylic acid groups (broad SMARTS) is 1. The van der Waals surface area contributed by atoms with Crippen molar-refractivity contribution in [2.24, 2.45) is 11.8 Å². The van der Waals surface area contributed by atoms with Crippen molar-refractivity contribution in [1.82, 2.24) is 4.90 Å². The molecular weight excluding hydrogens is 234 g/mol. The predicted octanol–water partition coefficient (Wildman–Crippen LogP) is 1.11. The molecule has 104 valence electrons. The normalized spacial score (nSPS) is 23.7. The summed E-state index contributed by atoms with van der Waals surface area (Å²) in [7, 11) is 0. The monoisotopic (exact) mass is 257 g/mol. The zero-order valence-electron chi connectivity index (χ0n) is 11.0. The average Bonchev–Trinajstić information content (AvgIpc) is 2.37. The van der Waals surface area contributed by atoms with Crippen LogP contribution in [0.5, 0.6) is 0 Å². The number of aliphatic carboxylic acids is 1. The van der Waals surface area contributed by atoms with Crippen molar-refractivity contribution in [3.05, 3.63) is 0 Å². The molecule has 0 aromatic heterocycles. The number of aliphatic hydroxyl groups is 1. The van der Waals surface area contributed by atoms with Gasteiger partial charge in [0.05, 0.1) is 18.4 Å². The number of carbonyl (C=O) groups excluding carboxylic acids is 1. The van der Waals surface area contributed by atoms with Gasteiger partial charge in [-0.1, -0.05) is 19.8 Å². The molecule has 1 aliphatic carbocycles. The number of amides is 1. The molecule has 1 fully saturated rings. The van der Waals surface area contributed by atoms with Gasteiger partial charge in [-0.15, -0.1) is 0 Å². The van der Waals surface area contributed by atoms with Gasteiger partial charge in [-0.05, 0) is 19.3 Å². The maximum Gasteiger partial charge on any atom is 0.307 e. The molecular formula is C13H23NO4. The Morgan fingerprint density at radius 2 is 1.78 bits per heavy atom. The van der Waals surface area contributed by atoms with E-state index in [-0.39, 0.29) is 12.5 Å². The SMILES string of the molecule is CCCN(CCO)C(=O)[C@@H]1CCCC[C@@H]1C(=O)O. The Balaban J connectivity index is 2.73. The summed E-state index contributed by atoms with van der Waals surface area (Å²) in [5.41, 5.74) is 0. The first kappa shape index (κ1) is 15.0. The first-order chi connectivity index (χ1) is 8.61. The zero-order chi connectivity index (χ0) is 13.5. The standard InChI is InChI=1S/C13H23NO4/c1-2-7-14(8-9-15)12(16)10-5-3-4-6-11(10)13(17)18/h10-11,15H,2-9H2,1H3,(H,17,18)/t10-,11+/m1/s1. The minimum Gasteiger partial charge on any atom is -0.481 e. The molecule has 5 heteroatoms. The fourth-order valence-electron chi connectivity index (χ4n) is 2.68. The molecule has 1 amide bonds. The van der Waals surface area contributed by atoms with Gasteiger partial charge in [0.15, 0.2) is 0 Å². The number of nitrogens with zero attached hydrogens (tertiary/aromatic N) is 1. The van der Waals surface area contributed by atoms with Gasteiger partial charge < -0.3 is 15.1 Å². The third-order valence-electron chi connectivity index (χ3n) is 3.58. The van der Waals surface area contributed by atoms with E-state index in [0.717, 1.165) is 19.3 Å². The van der Waals surface area contributed by atoms with Crippen LogP contribution in [0.2, 0.25) is 0 Å². The van der Waals surface area contributed by atoms with Gasteiger partial charge in [-0.3, -0.25) is 9.59 Å². The Morgan fingerprint density at radius 1 is 1.17 bits per heavy atom. The second kappa shape index (κ2) is 7.36. The van der Waals surface area contributed by atoms with Gasteiger partial charge in [-0.2, -0.15) is 0 Å². The third kappa shape index (κ3) is 3.70. The first-order valence-electron chi connectivity index (χ1n) is 6.74. The van der Waals surface area contributed by atoms with E-state index in [0.29, 0.717) is 25.9 Å². The van der Waals surface area contributed by atoms with Crippen LogP contribution < -0.4 is 0 Å². The maximum absolute atomic E-state index is 12.3. The first-order valence-corrected chi connectivity index (χ1v) is 6.74. The fourth-order valence-corrected chi connectivity index (χ4v) is 2.68. The molecule has 0 unspecified atom stereocenters. The lowest BCUT2D eigenvalue weighted by atomic mass is 9.78. The summed E-state index contributed by atoms with van der Waals surface area (Å²) in [6, 6.07) is 0. The molecule has 0 aliphatic heterocycles. The molecule has 1 aliphatic rings. The van der Waals surface area contributed by atoms with Gasteiger partial charge in [-0.25, -0.2) is 0 Å². The van der Waals surface area contributed by atoms with Crippen LogP contribution >= 0.6 is 0 Å². The van der Waals surface area contributed by atoms with Gasteiger partial charge >= 0.3 is 5.97 Å². The minimum absolute atomic E-state index is 0.0732. The maximum atomic E-state index is 12.3. The van der Waals surface area contributed by atoms with Gasteiger partial charge in [0.1, 0.15) is 0 Å². The molecule has 0 aromatic rings. The lowest BCUT2D eigenvalue weighted by Gasteiger charge is -2.32. The van der Waals surface area contributed by atoms with Crippen LogP contribution in [0, 0.1) is 11.8 Å². The summed E-state index contributed by atoms with van der Waals surface area (Å²) >= 11 is 0. The van der Waals surface area contributed by atoms with Crippen LogP contribution in [0.25, 0.3) is 0 Å². The van der Waals surface area contributed by atoms with E-state index in [4.69, 9.17) is 5.11 Å². The molecule has 0 heterocycles. The highest BCUT2D eigenvalue weighted by Gasteiger charge is 2.37. The van der Waals surface area contributed by atoms with E-state index < -0.39 is 17.8 Å². The summed E-state index contributed by atoms with van der Waals surface area (Å²) in [6.45, 7) is 2.78. The molecule has 0 saturated heterocycles. The van der Waals surface area contributed by atoms with Crippen molar-refractivity contribution in [2.75, 3.05) is 19.7 Å². The molecule has 2 atom stereocenters. The minimum atomic E-state index is -0.867. The van der Waals surface area contributed by atoms with Crippen molar-refractivity contribution in [3.63, 3.8) is 0 Å².